The van der Waals surface area contributed by atoms with Crippen molar-refractivity contribution in [3.63, 3.8) is 0 Å². The van der Waals surface area contributed by atoms with Gasteiger partial charge in [0.15, 0.2) is 0 Å². The molecule has 2 aromatic rings. The lowest BCUT2D eigenvalue weighted by Gasteiger charge is -2.22. The Labute approximate surface area is 127 Å². The van der Waals surface area contributed by atoms with Crippen LogP contribution in [0.15, 0.2) is 45.8 Å². The second kappa shape index (κ2) is 6.31. The van der Waals surface area contributed by atoms with Crippen molar-refractivity contribution in [2.45, 2.75) is 39.5 Å². The van der Waals surface area contributed by atoms with E-state index in [9.17, 15) is 0 Å². The Morgan fingerprint density at radius 1 is 1.14 bits per heavy atom. The molecule has 2 rings (SSSR count). The van der Waals surface area contributed by atoms with Crippen LogP contribution >= 0.6 is 0 Å². The first-order chi connectivity index (χ1) is 9.85. The molecule has 0 spiro atoms. The van der Waals surface area contributed by atoms with E-state index in [1.807, 2.05) is 37.3 Å². The maximum atomic E-state index is 6.15. The predicted octanol–water partition coefficient (Wildman–Crippen LogP) is 4.98. The number of aryl methyl sites for hydroxylation is 1. The van der Waals surface area contributed by atoms with E-state index in [0.29, 0.717) is 0 Å². The van der Waals surface area contributed by atoms with Crippen molar-refractivity contribution in [2.24, 2.45) is 4.99 Å². The van der Waals surface area contributed by atoms with Crippen molar-refractivity contribution in [3.8, 4) is 5.75 Å². The fraction of sp³-hybridized carbons (Fsp3) is 0.353. The largest absolute Gasteiger partial charge is 0.544 e. The van der Waals surface area contributed by atoms with Crippen molar-refractivity contribution in [1.82, 2.24) is 0 Å². The van der Waals surface area contributed by atoms with Gasteiger partial charge < -0.3 is 8.84 Å². The molecule has 0 fully saturated rings. The monoisotopic (exact) mass is 301 g/mol. The average Bonchev–Trinajstić information content (AvgIpc) is 2.80. The zero-order valence-electron chi connectivity index (χ0n) is 13.4. The van der Waals surface area contributed by atoms with Gasteiger partial charge in [-0.15, -0.1) is 0 Å². The molecule has 0 aliphatic carbocycles. The van der Waals surface area contributed by atoms with Gasteiger partial charge in [-0.25, -0.2) is 0 Å². The molecule has 0 aliphatic heterocycles. The molecule has 1 aromatic heterocycles. The minimum Gasteiger partial charge on any atom is -0.544 e. The summed E-state index contributed by atoms with van der Waals surface area (Å²) in [6.45, 7) is 10.5. The summed E-state index contributed by atoms with van der Waals surface area (Å²) in [5.74, 6) is 2.62. The van der Waals surface area contributed by atoms with Crippen LogP contribution in [0.3, 0.4) is 0 Å². The van der Waals surface area contributed by atoms with Crippen molar-refractivity contribution in [2.75, 3.05) is 0 Å². The Morgan fingerprint density at radius 2 is 1.86 bits per heavy atom. The molecule has 1 heterocycles. The minimum absolute atomic E-state index is 0.0305. The smallest absolute Gasteiger partial charge is 0.242 e. The van der Waals surface area contributed by atoms with Gasteiger partial charge in [0.25, 0.3) is 0 Å². The Hall–Kier alpha value is -1.81. The molecule has 4 heteroatoms. The van der Waals surface area contributed by atoms with Gasteiger partial charge in [0, 0.05) is 5.56 Å². The molecule has 0 amide bonds. The summed E-state index contributed by atoms with van der Waals surface area (Å²) in [4.78, 5) is 4.59. The molecular weight excluding hydrogens is 278 g/mol. The third-order valence-corrected chi connectivity index (χ3v) is 3.80. The van der Waals surface area contributed by atoms with Gasteiger partial charge in [0.2, 0.25) is 8.32 Å². The van der Waals surface area contributed by atoms with E-state index >= 15 is 0 Å². The Balaban J connectivity index is 2.19. The summed E-state index contributed by atoms with van der Waals surface area (Å²) in [7, 11) is -1.63. The molecule has 0 saturated heterocycles. The van der Waals surface area contributed by atoms with Crippen molar-refractivity contribution < 1.29 is 8.84 Å². The lowest BCUT2D eigenvalue weighted by Crippen LogP contribution is -2.29. The standard InChI is InChI=1S/C17H23NO2Si/c1-13-10-11-15(19-13)12-18-14(2)16-8-6-7-9-17(16)20-21(3,4)5/h6-12,14H,1-5H3. The lowest BCUT2D eigenvalue weighted by atomic mass is 10.1. The second-order valence-electron chi connectivity index (χ2n) is 6.15. The van der Waals surface area contributed by atoms with Crippen LogP contribution in [0.1, 0.15) is 30.0 Å². The van der Waals surface area contributed by atoms with E-state index in [4.69, 9.17) is 8.84 Å². The normalized spacial score (nSPS) is 13.6. The fourth-order valence-electron chi connectivity index (χ4n) is 2.04. The Morgan fingerprint density at radius 3 is 2.48 bits per heavy atom. The number of furan rings is 1. The highest BCUT2D eigenvalue weighted by Crippen LogP contribution is 2.29. The van der Waals surface area contributed by atoms with Crippen molar-refractivity contribution >= 4 is 14.5 Å². The van der Waals surface area contributed by atoms with Crippen molar-refractivity contribution in [3.05, 3.63) is 53.5 Å². The summed E-state index contributed by atoms with van der Waals surface area (Å²) in [6, 6.07) is 12.0. The summed E-state index contributed by atoms with van der Waals surface area (Å²) < 4.78 is 11.7. The number of hydrogen-bond donors (Lipinski definition) is 0. The molecule has 0 radical (unpaired) electrons. The van der Waals surface area contributed by atoms with Crippen LogP contribution in [-0.2, 0) is 0 Å². The van der Waals surface area contributed by atoms with E-state index in [2.05, 4.69) is 37.6 Å². The number of hydrogen-bond acceptors (Lipinski definition) is 3. The van der Waals surface area contributed by atoms with Crippen LogP contribution in [0, 0.1) is 6.92 Å². The van der Waals surface area contributed by atoms with Gasteiger partial charge in [-0.1, -0.05) is 18.2 Å². The highest BCUT2D eigenvalue weighted by molar-refractivity contribution is 6.70. The Bertz CT molecular complexity index is 626. The number of nitrogens with zero attached hydrogens (tertiary/aromatic N) is 1. The Kier molecular flexibility index (Phi) is 4.68. The first-order valence-electron chi connectivity index (χ1n) is 7.23. The maximum absolute atomic E-state index is 6.15. The van der Waals surface area contributed by atoms with Crippen molar-refractivity contribution in [1.29, 1.82) is 0 Å². The molecule has 1 aromatic carbocycles. The van der Waals surface area contributed by atoms with E-state index in [1.54, 1.807) is 6.21 Å². The predicted molar refractivity (Wildman–Crippen MR) is 89.9 cm³/mol. The molecule has 1 unspecified atom stereocenters. The van der Waals surface area contributed by atoms with Gasteiger partial charge in [-0.3, -0.25) is 4.99 Å². The number of benzene rings is 1. The van der Waals surface area contributed by atoms with Crippen LogP contribution in [0.5, 0.6) is 5.75 Å². The molecule has 21 heavy (non-hydrogen) atoms. The van der Waals surface area contributed by atoms with Crippen LogP contribution < -0.4 is 4.43 Å². The number of rotatable bonds is 5. The lowest BCUT2D eigenvalue weighted by molar-refractivity contribution is 0.526. The summed E-state index contributed by atoms with van der Waals surface area (Å²) in [5, 5.41) is 0. The van der Waals surface area contributed by atoms with Gasteiger partial charge in [-0.2, -0.15) is 0 Å². The number of para-hydroxylation sites is 1. The molecule has 0 N–H and O–H groups in total. The molecule has 1 atom stereocenters. The van der Waals surface area contributed by atoms with Gasteiger partial charge in [-0.05, 0) is 51.7 Å². The molecular formula is C17H23NO2Si. The van der Waals surface area contributed by atoms with E-state index in [0.717, 1.165) is 22.8 Å². The molecule has 112 valence electrons. The minimum atomic E-state index is -1.63. The molecule has 0 bridgehead atoms. The van der Waals surface area contributed by atoms with Crippen LogP contribution in [0.25, 0.3) is 0 Å². The van der Waals surface area contributed by atoms with Gasteiger partial charge in [0.1, 0.15) is 17.3 Å². The first-order valence-corrected chi connectivity index (χ1v) is 10.6. The summed E-state index contributed by atoms with van der Waals surface area (Å²) >= 11 is 0. The zero-order valence-corrected chi connectivity index (χ0v) is 14.4. The summed E-state index contributed by atoms with van der Waals surface area (Å²) in [6.07, 6.45) is 1.78. The van der Waals surface area contributed by atoms with E-state index in [-0.39, 0.29) is 6.04 Å². The number of aliphatic imine (C=N–C) groups is 1. The average molecular weight is 301 g/mol. The van der Waals surface area contributed by atoms with Crippen LogP contribution in [-0.4, -0.2) is 14.5 Å². The first kappa shape index (κ1) is 15.6. The van der Waals surface area contributed by atoms with Gasteiger partial charge in [0.05, 0.1) is 12.3 Å². The SMILES string of the molecule is Cc1ccc(C=NC(C)c2ccccc2O[Si](C)(C)C)o1. The highest BCUT2D eigenvalue weighted by Gasteiger charge is 2.19. The van der Waals surface area contributed by atoms with Gasteiger partial charge >= 0.3 is 0 Å². The summed E-state index contributed by atoms with van der Waals surface area (Å²) in [5.41, 5.74) is 1.11. The molecule has 0 aliphatic rings. The topological polar surface area (TPSA) is 34.7 Å². The van der Waals surface area contributed by atoms with Crippen LogP contribution in [0.4, 0.5) is 0 Å². The molecule has 0 saturated carbocycles. The quantitative estimate of drug-likeness (QED) is 0.576. The maximum Gasteiger partial charge on any atom is 0.242 e. The zero-order chi connectivity index (χ0) is 15.5. The second-order valence-corrected chi connectivity index (χ2v) is 10.6. The third-order valence-electron chi connectivity index (χ3n) is 2.97. The van der Waals surface area contributed by atoms with Crippen LogP contribution in [0.2, 0.25) is 19.6 Å². The molecule has 3 nitrogen and oxygen atoms in total. The highest BCUT2D eigenvalue weighted by atomic mass is 28.4. The van der Waals surface area contributed by atoms with E-state index < -0.39 is 8.32 Å². The van der Waals surface area contributed by atoms with E-state index in [1.165, 1.54) is 0 Å². The third kappa shape index (κ3) is 4.60. The fourth-order valence-corrected chi connectivity index (χ4v) is 2.88.